The van der Waals surface area contributed by atoms with Gasteiger partial charge in [0, 0.05) is 50.1 Å². The van der Waals surface area contributed by atoms with Gasteiger partial charge in [0.25, 0.3) is 5.91 Å². The second-order valence-corrected chi connectivity index (χ2v) is 6.81. The third-order valence-corrected chi connectivity index (χ3v) is 4.76. The number of imidazole rings is 1. The van der Waals surface area contributed by atoms with Crippen LogP contribution in [0, 0.1) is 5.92 Å². The van der Waals surface area contributed by atoms with E-state index < -0.39 is 0 Å². The van der Waals surface area contributed by atoms with Gasteiger partial charge in [-0.1, -0.05) is 18.2 Å². The number of hydrogen-bond acceptors (Lipinski definition) is 5. The number of carbonyl (C=O) groups excluding carboxylic acids is 1. The van der Waals surface area contributed by atoms with E-state index in [-0.39, 0.29) is 5.91 Å². The van der Waals surface area contributed by atoms with Crippen LogP contribution in [0.2, 0.25) is 0 Å². The molecule has 0 aliphatic carbocycles. The van der Waals surface area contributed by atoms with Crippen molar-refractivity contribution in [2.75, 3.05) is 18.4 Å². The van der Waals surface area contributed by atoms with Crippen molar-refractivity contribution in [2.24, 2.45) is 5.92 Å². The van der Waals surface area contributed by atoms with Crippen LogP contribution in [0.4, 0.5) is 11.6 Å². The van der Waals surface area contributed by atoms with Gasteiger partial charge in [-0.15, -0.1) is 0 Å². The number of rotatable bonds is 5. The second-order valence-electron chi connectivity index (χ2n) is 6.81. The molecule has 1 amide bonds. The van der Waals surface area contributed by atoms with Crippen molar-refractivity contribution >= 4 is 17.5 Å². The number of benzene rings is 1. The van der Waals surface area contributed by atoms with Crippen LogP contribution in [0.3, 0.4) is 0 Å². The molecule has 0 bridgehead atoms. The maximum atomic E-state index is 12.8. The Kier molecular flexibility index (Phi) is 5.09. The second kappa shape index (κ2) is 7.99. The van der Waals surface area contributed by atoms with Crippen LogP contribution in [-0.4, -0.2) is 43.4 Å². The molecule has 2 aromatic heterocycles. The van der Waals surface area contributed by atoms with Gasteiger partial charge < -0.3 is 14.8 Å². The van der Waals surface area contributed by atoms with Crippen molar-refractivity contribution in [1.29, 1.82) is 0 Å². The van der Waals surface area contributed by atoms with Crippen molar-refractivity contribution < 1.29 is 4.79 Å². The topological polar surface area (TPSA) is 75.9 Å². The minimum Gasteiger partial charge on any atom is -0.338 e. The quantitative estimate of drug-likeness (QED) is 0.755. The monoisotopic (exact) mass is 362 g/mol. The van der Waals surface area contributed by atoms with Gasteiger partial charge in [-0.3, -0.25) is 4.79 Å². The Morgan fingerprint density at radius 1 is 1.19 bits per heavy atom. The SMILES string of the molecule is O=C(c1cnc(Nc2ccccc2)nc1)N1CCC[C@@H](Cn2ccnc2)C1. The zero-order valence-electron chi connectivity index (χ0n) is 15.0. The molecule has 1 N–H and O–H groups in total. The van der Waals surface area contributed by atoms with Crippen LogP contribution in [0.1, 0.15) is 23.2 Å². The van der Waals surface area contributed by atoms with Crippen LogP contribution in [-0.2, 0) is 6.54 Å². The standard InChI is InChI=1S/C20H22N6O/c27-19(26-9-4-5-16(14-26)13-25-10-8-21-15-25)17-11-22-20(23-12-17)24-18-6-2-1-3-7-18/h1-3,6-8,10-12,15-16H,4-5,9,13-14H2,(H,22,23,24)/t16-/m0/s1. The fraction of sp³-hybridized carbons (Fsp3) is 0.300. The number of aromatic nitrogens is 4. The van der Waals surface area contributed by atoms with Gasteiger partial charge in [0.2, 0.25) is 5.95 Å². The Balaban J connectivity index is 1.38. The average Bonchev–Trinajstić information content (AvgIpc) is 3.22. The van der Waals surface area contributed by atoms with Crippen molar-refractivity contribution in [3.05, 3.63) is 67.0 Å². The molecule has 27 heavy (non-hydrogen) atoms. The Bertz CT molecular complexity index is 863. The summed E-state index contributed by atoms with van der Waals surface area (Å²) in [6.07, 6.45) is 10.9. The van der Waals surface area contributed by atoms with Crippen molar-refractivity contribution in [3.8, 4) is 0 Å². The lowest BCUT2D eigenvalue weighted by Crippen LogP contribution is -2.41. The van der Waals surface area contributed by atoms with E-state index in [1.165, 1.54) is 0 Å². The molecule has 138 valence electrons. The van der Waals surface area contributed by atoms with E-state index in [0.29, 0.717) is 17.4 Å². The van der Waals surface area contributed by atoms with E-state index in [1.807, 2.05) is 47.8 Å². The minimum absolute atomic E-state index is 0.00316. The maximum absolute atomic E-state index is 12.8. The predicted octanol–water partition coefficient (Wildman–Crippen LogP) is 2.97. The number of hydrogen-bond donors (Lipinski definition) is 1. The first kappa shape index (κ1) is 17.2. The van der Waals surface area contributed by atoms with Crippen LogP contribution in [0.5, 0.6) is 0 Å². The van der Waals surface area contributed by atoms with E-state index in [0.717, 1.165) is 38.2 Å². The number of nitrogens with one attached hydrogen (secondary N) is 1. The van der Waals surface area contributed by atoms with Gasteiger partial charge >= 0.3 is 0 Å². The summed E-state index contributed by atoms with van der Waals surface area (Å²) in [5.74, 6) is 0.919. The van der Waals surface area contributed by atoms with Crippen LogP contribution in [0.15, 0.2) is 61.4 Å². The number of amides is 1. The van der Waals surface area contributed by atoms with Crippen LogP contribution in [0.25, 0.3) is 0 Å². The van der Waals surface area contributed by atoms with Crippen LogP contribution < -0.4 is 5.32 Å². The normalized spacial score (nSPS) is 16.9. The molecule has 3 aromatic rings. The highest BCUT2D eigenvalue weighted by Gasteiger charge is 2.25. The summed E-state index contributed by atoms with van der Waals surface area (Å²) in [5.41, 5.74) is 1.44. The number of likely N-dealkylation sites (tertiary alicyclic amines) is 1. The Morgan fingerprint density at radius 3 is 2.74 bits per heavy atom. The third-order valence-electron chi connectivity index (χ3n) is 4.76. The van der Waals surface area contributed by atoms with Crippen molar-refractivity contribution in [2.45, 2.75) is 19.4 Å². The van der Waals surface area contributed by atoms with Crippen molar-refractivity contribution in [1.82, 2.24) is 24.4 Å². The van der Waals surface area contributed by atoms with Gasteiger partial charge in [-0.05, 0) is 30.9 Å². The number of piperidine rings is 1. The number of anilines is 2. The van der Waals surface area contributed by atoms with Gasteiger partial charge in [0.15, 0.2) is 0 Å². The molecule has 1 aliphatic rings. The molecule has 1 aliphatic heterocycles. The molecule has 7 heteroatoms. The average molecular weight is 362 g/mol. The fourth-order valence-corrected chi connectivity index (χ4v) is 3.43. The summed E-state index contributed by atoms with van der Waals surface area (Å²) in [5, 5.41) is 3.13. The third kappa shape index (κ3) is 4.31. The molecule has 1 aromatic carbocycles. The summed E-state index contributed by atoms with van der Waals surface area (Å²) < 4.78 is 2.08. The predicted molar refractivity (Wildman–Crippen MR) is 103 cm³/mol. The molecular weight excluding hydrogens is 340 g/mol. The number of carbonyl (C=O) groups is 1. The van der Waals surface area contributed by atoms with E-state index >= 15 is 0 Å². The molecule has 1 saturated heterocycles. The Hall–Kier alpha value is -3.22. The zero-order chi connectivity index (χ0) is 18.5. The number of nitrogens with zero attached hydrogens (tertiary/aromatic N) is 5. The van der Waals surface area contributed by atoms with Crippen molar-refractivity contribution in [3.63, 3.8) is 0 Å². The summed E-state index contributed by atoms with van der Waals surface area (Å²) in [4.78, 5) is 27.4. The fourth-order valence-electron chi connectivity index (χ4n) is 3.43. The first-order valence-electron chi connectivity index (χ1n) is 9.17. The summed E-state index contributed by atoms with van der Waals surface area (Å²) in [6.45, 7) is 2.42. The first-order chi connectivity index (χ1) is 13.3. The largest absolute Gasteiger partial charge is 0.338 e. The molecule has 0 radical (unpaired) electrons. The highest BCUT2D eigenvalue weighted by Crippen LogP contribution is 2.20. The highest BCUT2D eigenvalue weighted by atomic mass is 16.2. The summed E-state index contributed by atoms with van der Waals surface area (Å²) in [7, 11) is 0. The lowest BCUT2D eigenvalue weighted by Gasteiger charge is -2.32. The Morgan fingerprint density at radius 2 is 2.00 bits per heavy atom. The molecule has 0 unspecified atom stereocenters. The zero-order valence-corrected chi connectivity index (χ0v) is 15.0. The Labute approximate surface area is 158 Å². The molecular formula is C20H22N6O. The van der Waals surface area contributed by atoms with Gasteiger partial charge in [-0.2, -0.15) is 0 Å². The first-order valence-corrected chi connectivity index (χ1v) is 9.17. The van der Waals surface area contributed by atoms with Gasteiger partial charge in [-0.25, -0.2) is 15.0 Å². The summed E-state index contributed by atoms with van der Waals surface area (Å²) in [6, 6.07) is 9.72. The molecule has 1 atom stereocenters. The van der Waals surface area contributed by atoms with Crippen LogP contribution >= 0.6 is 0 Å². The summed E-state index contributed by atoms with van der Waals surface area (Å²) >= 11 is 0. The van der Waals surface area contributed by atoms with E-state index in [1.54, 1.807) is 18.6 Å². The maximum Gasteiger partial charge on any atom is 0.257 e. The minimum atomic E-state index is -0.00316. The molecule has 3 heterocycles. The molecule has 7 nitrogen and oxygen atoms in total. The number of para-hydroxylation sites is 1. The molecule has 1 fully saturated rings. The van der Waals surface area contributed by atoms with E-state index in [9.17, 15) is 4.79 Å². The van der Waals surface area contributed by atoms with Gasteiger partial charge in [0.1, 0.15) is 0 Å². The molecule has 4 rings (SSSR count). The lowest BCUT2D eigenvalue weighted by molar-refractivity contribution is 0.0661. The van der Waals surface area contributed by atoms with Gasteiger partial charge in [0.05, 0.1) is 11.9 Å². The lowest BCUT2D eigenvalue weighted by atomic mass is 9.97. The highest BCUT2D eigenvalue weighted by molar-refractivity contribution is 5.93. The smallest absolute Gasteiger partial charge is 0.257 e. The molecule has 0 saturated carbocycles. The van der Waals surface area contributed by atoms with E-state index in [2.05, 4.69) is 24.8 Å². The molecule has 0 spiro atoms. The van der Waals surface area contributed by atoms with E-state index in [4.69, 9.17) is 0 Å².